The van der Waals surface area contributed by atoms with Gasteiger partial charge in [0.25, 0.3) is 5.91 Å². The highest BCUT2D eigenvalue weighted by Gasteiger charge is 2.11. The van der Waals surface area contributed by atoms with Gasteiger partial charge in [0.15, 0.2) is 5.76 Å². The molecule has 5 nitrogen and oxygen atoms in total. The summed E-state index contributed by atoms with van der Waals surface area (Å²) in [6.45, 7) is -0.270. The van der Waals surface area contributed by atoms with Gasteiger partial charge in [-0.25, -0.2) is 4.39 Å². The number of nitrogens with one attached hydrogen (secondary N) is 2. The Labute approximate surface area is 108 Å². The lowest BCUT2D eigenvalue weighted by molar-refractivity contribution is -0.115. The minimum atomic E-state index is -0.534. The molecule has 2 amide bonds. The number of halogens is 1. The number of benzene rings is 1. The predicted octanol–water partition coefficient (Wildman–Crippen LogP) is 1.79. The molecule has 1 heterocycles. The Morgan fingerprint density at radius 1 is 1.16 bits per heavy atom. The number of furan rings is 1. The van der Waals surface area contributed by atoms with E-state index in [-0.39, 0.29) is 18.0 Å². The van der Waals surface area contributed by atoms with Crippen molar-refractivity contribution in [1.82, 2.24) is 5.32 Å². The summed E-state index contributed by atoms with van der Waals surface area (Å²) in [4.78, 5) is 23.0. The molecule has 0 aliphatic heterocycles. The molecule has 98 valence electrons. The van der Waals surface area contributed by atoms with Gasteiger partial charge in [0.2, 0.25) is 5.91 Å². The molecule has 1 aromatic carbocycles. The first kappa shape index (κ1) is 12.8. The number of hydrogen-bond donors (Lipinski definition) is 2. The SMILES string of the molecule is O=C(CNC(=O)c1ccco1)Nc1ccccc1F. The van der Waals surface area contributed by atoms with E-state index < -0.39 is 17.6 Å². The summed E-state index contributed by atoms with van der Waals surface area (Å²) < 4.78 is 18.1. The van der Waals surface area contributed by atoms with Crippen molar-refractivity contribution in [2.45, 2.75) is 0 Å². The molecule has 0 radical (unpaired) electrons. The first-order chi connectivity index (χ1) is 9.16. The van der Waals surface area contributed by atoms with Crippen molar-refractivity contribution >= 4 is 17.5 Å². The monoisotopic (exact) mass is 262 g/mol. The van der Waals surface area contributed by atoms with E-state index >= 15 is 0 Å². The maximum atomic E-state index is 13.3. The van der Waals surface area contributed by atoms with Gasteiger partial charge >= 0.3 is 0 Å². The van der Waals surface area contributed by atoms with Gasteiger partial charge in [-0.15, -0.1) is 0 Å². The van der Waals surface area contributed by atoms with Gasteiger partial charge in [-0.05, 0) is 24.3 Å². The first-order valence-corrected chi connectivity index (χ1v) is 5.53. The summed E-state index contributed by atoms with van der Waals surface area (Å²) >= 11 is 0. The molecule has 0 unspecified atom stereocenters. The Kier molecular flexibility index (Phi) is 3.92. The highest BCUT2D eigenvalue weighted by atomic mass is 19.1. The van der Waals surface area contributed by atoms with E-state index in [0.29, 0.717) is 0 Å². The summed E-state index contributed by atoms with van der Waals surface area (Å²) in [5.74, 6) is -1.45. The normalized spacial score (nSPS) is 9.95. The lowest BCUT2D eigenvalue weighted by atomic mass is 10.3. The Bertz CT molecular complexity index is 581. The molecule has 0 spiro atoms. The minimum Gasteiger partial charge on any atom is -0.459 e. The number of hydrogen-bond acceptors (Lipinski definition) is 3. The maximum Gasteiger partial charge on any atom is 0.287 e. The van der Waals surface area contributed by atoms with E-state index in [9.17, 15) is 14.0 Å². The molecule has 1 aromatic heterocycles. The quantitative estimate of drug-likeness (QED) is 0.882. The van der Waals surface area contributed by atoms with Crippen LogP contribution in [0.4, 0.5) is 10.1 Å². The smallest absolute Gasteiger partial charge is 0.287 e. The van der Waals surface area contributed by atoms with Crippen LogP contribution >= 0.6 is 0 Å². The number of rotatable bonds is 4. The third-order valence-corrected chi connectivity index (χ3v) is 2.30. The van der Waals surface area contributed by atoms with Crippen LogP contribution in [0.5, 0.6) is 0 Å². The topological polar surface area (TPSA) is 71.3 Å². The van der Waals surface area contributed by atoms with Crippen molar-refractivity contribution in [2.24, 2.45) is 0 Å². The fourth-order valence-electron chi connectivity index (χ4n) is 1.41. The molecule has 19 heavy (non-hydrogen) atoms. The fourth-order valence-corrected chi connectivity index (χ4v) is 1.41. The van der Waals surface area contributed by atoms with E-state index in [0.717, 1.165) is 0 Å². The van der Waals surface area contributed by atoms with E-state index in [1.807, 2.05) is 0 Å². The molecule has 0 aliphatic carbocycles. The van der Waals surface area contributed by atoms with Gasteiger partial charge in [-0.1, -0.05) is 12.1 Å². The van der Waals surface area contributed by atoms with Crippen LogP contribution < -0.4 is 10.6 Å². The highest BCUT2D eigenvalue weighted by Crippen LogP contribution is 2.11. The third-order valence-electron chi connectivity index (χ3n) is 2.30. The zero-order chi connectivity index (χ0) is 13.7. The van der Waals surface area contributed by atoms with Gasteiger partial charge in [0.1, 0.15) is 5.82 Å². The van der Waals surface area contributed by atoms with Gasteiger partial charge in [0, 0.05) is 0 Å². The Hall–Kier alpha value is -2.63. The van der Waals surface area contributed by atoms with Crippen LogP contribution in [0, 0.1) is 5.82 Å². The second kappa shape index (κ2) is 5.81. The van der Waals surface area contributed by atoms with Crippen LogP contribution in [-0.4, -0.2) is 18.4 Å². The van der Waals surface area contributed by atoms with Crippen LogP contribution in [0.25, 0.3) is 0 Å². The van der Waals surface area contributed by atoms with Crippen LogP contribution in [-0.2, 0) is 4.79 Å². The molecule has 0 aliphatic rings. The molecule has 0 saturated carbocycles. The Morgan fingerprint density at radius 2 is 1.95 bits per heavy atom. The Balaban J connectivity index is 1.86. The number of amides is 2. The van der Waals surface area contributed by atoms with Gasteiger partial charge in [-0.2, -0.15) is 0 Å². The van der Waals surface area contributed by atoms with Crippen LogP contribution in [0.1, 0.15) is 10.6 Å². The summed E-state index contributed by atoms with van der Waals surface area (Å²) in [5.41, 5.74) is 0.0692. The second-order valence-corrected chi connectivity index (χ2v) is 3.69. The van der Waals surface area contributed by atoms with E-state index in [1.165, 1.54) is 30.5 Å². The molecular weight excluding hydrogens is 251 g/mol. The highest BCUT2D eigenvalue weighted by molar-refractivity contribution is 5.98. The summed E-state index contributed by atoms with van der Waals surface area (Å²) in [6.07, 6.45) is 1.36. The zero-order valence-electron chi connectivity index (χ0n) is 9.85. The van der Waals surface area contributed by atoms with E-state index in [1.54, 1.807) is 12.1 Å². The summed E-state index contributed by atoms with van der Waals surface area (Å²) in [7, 11) is 0. The van der Waals surface area contributed by atoms with Crippen LogP contribution in [0.3, 0.4) is 0 Å². The molecule has 0 fully saturated rings. The van der Waals surface area contributed by atoms with Crippen molar-refractivity contribution < 1.29 is 18.4 Å². The fraction of sp³-hybridized carbons (Fsp3) is 0.0769. The van der Waals surface area contributed by atoms with Gasteiger partial charge in [-0.3, -0.25) is 9.59 Å². The number of anilines is 1. The average Bonchev–Trinajstić information content (AvgIpc) is 2.93. The van der Waals surface area contributed by atoms with Crippen LogP contribution in [0.15, 0.2) is 47.1 Å². The standard InChI is InChI=1S/C13H11FN2O3/c14-9-4-1-2-5-10(9)16-12(17)8-15-13(18)11-6-3-7-19-11/h1-7H,8H2,(H,15,18)(H,16,17). The number of carbonyl (C=O) groups excluding carboxylic acids is 2. The van der Waals surface area contributed by atoms with Crippen LogP contribution in [0.2, 0.25) is 0 Å². The lowest BCUT2D eigenvalue weighted by Crippen LogP contribution is -2.32. The van der Waals surface area contributed by atoms with E-state index in [4.69, 9.17) is 4.42 Å². The van der Waals surface area contributed by atoms with Gasteiger partial charge in [0.05, 0.1) is 18.5 Å². The van der Waals surface area contributed by atoms with Crippen molar-refractivity contribution in [3.8, 4) is 0 Å². The summed E-state index contributed by atoms with van der Waals surface area (Å²) in [6, 6.07) is 8.82. The van der Waals surface area contributed by atoms with Gasteiger partial charge < -0.3 is 15.1 Å². The van der Waals surface area contributed by atoms with Crippen molar-refractivity contribution in [3.05, 3.63) is 54.2 Å². The molecule has 0 atom stereocenters. The molecule has 6 heteroatoms. The first-order valence-electron chi connectivity index (χ1n) is 5.53. The second-order valence-electron chi connectivity index (χ2n) is 3.69. The summed E-state index contributed by atoms with van der Waals surface area (Å²) in [5, 5.41) is 4.71. The minimum absolute atomic E-state index is 0.0692. The molecule has 2 rings (SSSR count). The lowest BCUT2D eigenvalue weighted by Gasteiger charge is -2.06. The predicted molar refractivity (Wildman–Crippen MR) is 66.1 cm³/mol. The maximum absolute atomic E-state index is 13.3. The molecule has 2 aromatic rings. The largest absolute Gasteiger partial charge is 0.459 e. The zero-order valence-corrected chi connectivity index (χ0v) is 9.85. The average molecular weight is 262 g/mol. The van der Waals surface area contributed by atoms with Crippen molar-refractivity contribution in [1.29, 1.82) is 0 Å². The molecule has 0 bridgehead atoms. The number of carbonyl (C=O) groups is 2. The Morgan fingerprint density at radius 3 is 2.63 bits per heavy atom. The molecule has 2 N–H and O–H groups in total. The molecular formula is C13H11FN2O3. The van der Waals surface area contributed by atoms with Crippen molar-refractivity contribution in [3.63, 3.8) is 0 Å². The van der Waals surface area contributed by atoms with Crippen molar-refractivity contribution in [2.75, 3.05) is 11.9 Å². The number of para-hydroxylation sites is 1. The van der Waals surface area contributed by atoms with E-state index in [2.05, 4.69) is 10.6 Å². The molecule has 0 saturated heterocycles. The third kappa shape index (κ3) is 3.41.